The number of amides is 1. The molecule has 3 rings (SSSR count). The second kappa shape index (κ2) is 5.90. The third-order valence-corrected chi connectivity index (χ3v) is 4.77. The van der Waals surface area contributed by atoms with E-state index in [-0.39, 0.29) is 5.91 Å². The zero-order chi connectivity index (χ0) is 14.1. The van der Waals surface area contributed by atoms with Crippen LogP contribution in [0.15, 0.2) is 18.2 Å². The van der Waals surface area contributed by atoms with Crippen molar-refractivity contribution in [3.05, 3.63) is 28.2 Å². The summed E-state index contributed by atoms with van der Waals surface area (Å²) < 4.78 is 0. The number of rotatable bonds is 3. The van der Waals surface area contributed by atoms with Gasteiger partial charge in [-0.2, -0.15) is 0 Å². The van der Waals surface area contributed by atoms with Gasteiger partial charge in [0.25, 0.3) is 0 Å². The molecular formula is C14H17Cl2N3O. The average molecular weight is 314 g/mol. The van der Waals surface area contributed by atoms with Gasteiger partial charge in [-0.3, -0.25) is 9.69 Å². The van der Waals surface area contributed by atoms with Gasteiger partial charge in [-0.15, -0.1) is 0 Å². The van der Waals surface area contributed by atoms with Gasteiger partial charge in [-0.05, 0) is 43.1 Å². The molecule has 0 saturated carbocycles. The highest BCUT2D eigenvalue weighted by Gasteiger charge is 2.36. The van der Waals surface area contributed by atoms with Gasteiger partial charge >= 0.3 is 0 Å². The fourth-order valence-corrected chi connectivity index (χ4v) is 3.36. The van der Waals surface area contributed by atoms with Crippen molar-refractivity contribution in [1.29, 1.82) is 0 Å². The molecule has 6 heteroatoms. The summed E-state index contributed by atoms with van der Waals surface area (Å²) in [5, 5.41) is 7.20. The van der Waals surface area contributed by atoms with E-state index in [1.54, 1.807) is 18.2 Å². The lowest BCUT2D eigenvalue weighted by atomic mass is 10.0. The normalized spacial score (nSPS) is 25.7. The summed E-state index contributed by atoms with van der Waals surface area (Å²) >= 11 is 11.8. The molecule has 2 saturated heterocycles. The van der Waals surface area contributed by atoms with E-state index in [9.17, 15) is 4.79 Å². The minimum absolute atomic E-state index is 0.00341. The van der Waals surface area contributed by atoms with Crippen LogP contribution in [0, 0.1) is 11.8 Å². The Morgan fingerprint density at radius 3 is 2.60 bits per heavy atom. The fraction of sp³-hybridized carbons (Fsp3) is 0.500. The van der Waals surface area contributed by atoms with E-state index < -0.39 is 0 Å². The number of hydrogen-bond acceptors (Lipinski definition) is 3. The Bertz CT molecular complexity index is 511. The van der Waals surface area contributed by atoms with Crippen molar-refractivity contribution in [3.63, 3.8) is 0 Å². The summed E-state index contributed by atoms with van der Waals surface area (Å²) in [6, 6.07) is 5.12. The molecule has 0 aliphatic carbocycles. The van der Waals surface area contributed by atoms with Crippen molar-refractivity contribution < 1.29 is 4.79 Å². The highest BCUT2D eigenvalue weighted by atomic mass is 35.5. The minimum Gasteiger partial charge on any atom is -0.325 e. The summed E-state index contributed by atoms with van der Waals surface area (Å²) in [5.74, 6) is 1.40. The van der Waals surface area contributed by atoms with Crippen LogP contribution in [0.1, 0.15) is 0 Å². The van der Waals surface area contributed by atoms with E-state index >= 15 is 0 Å². The maximum atomic E-state index is 12.0. The predicted octanol–water partition coefficient (Wildman–Crippen LogP) is 2.08. The van der Waals surface area contributed by atoms with Crippen molar-refractivity contribution in [1.82, 2.24) is 10.2 Å². The minimum atomic E-state index is -0.00341. The molecule has 2 aliphatic heterocycles. The fourth-order valence-electron chi connectivity index (χ4n) is 3.06. The number of carbonyl (C=O) groups excluding carboxylic acids is 1. The van der Waals surface area contributed by atoms with E-state index in [2.05, 4.69) is 15.5 Å². The molecule has 2 fully saturated rings. The van der Waals surface area contributed by atoms with Crippen LogP contribution in [0.5, 0.6) is 0 Å². The van der Waals surface area contributed by atoms with Crippen molar-refractivity contribution in [2.75, 3.05) is 38.0 Å². The molecule has 1 aromatic carbocycles. The van der Waals surface area contributed by atoms with Crippen molar-refractivity contribution in [2.24, 2.45) is 11.8 Å². The van der Waals surface area contributed by atoms with Crippen LogP contribution in [-0.2, 0) is 4.79 Å². The summed E-state index contributed by atoms with van der Waals surface area (Å²) in [6.45, 7) is 4.61. The summed E-state index contributed by atoms with van der Waals surface area (Å²) in [4.78, 5) is 14.3. The molecule has 1 amide bonds. The highest BCUT2D eigenvalue weighted by Crippen LogP contribution is 2.27. The van der Waals surface area contributed by atoms with Gasteiger partial charge in [-0.1, -0.05) is 23.2 Å². The molecule has 2 unspecified atom stereocenters. The zero-order valence-corrected chi connectivity index (χ0v) is 12.5. The van der Waals surface area contributed by atoms with Crippen molar-refractivity contribution in [3.8, 4) is 0 Å². The molecule has 20 heavy (non-hydrogen) atoms. The van der Waals surface area contributed by atoms with Gasteiger partial charge in [0.1, 0.15) is 0 Å². The van der Waals surface area contributed by atoms with Crippen molar-refractivity contribution >= 4 is 34.8 Å². The SMILES string of the molecule is O=C(CN1CC2CNCC2C1)Nc1ccc(Cl)c(Cl)c1. The number of halogens is 2. The molecule has 2 N–H and O–H groups in total. The maximum absolute atomic E-state index is 12.0. The predicted molar refractivity (Wildman–Crippen MR) is 81.4 cm³/mol. The van der Waals surface area contributed by atoms with E-state index in [1.165, 1.54) is 0 Å². The quantitative estimate of drug-likeness (QED) is 0.898. The summed E-state index contributed by atoms with van der Waals surface area (Å²) in [6.07, 6.45) is 0. The number of hydrogen-bond donors (Lipinski definition) is 2. The standard InChI is InChI=1S/C14H17Cl2N3O/c15-12-2-1-11(3-13(12)16)18-14(20)8-19-6-9-4-17-5-10(9)7-19/h1-3,9-10,17H,4-8H2,(H,18,20). The Kier molecular flexibility index (Phi) is 4.17. The third-order valence-electron chi connectivity index (χ3n) is 4.04. The first-order valence-electron chi connectivity index (χ1n) is 6.80. The smallest absolute Gasteiger partial charge is 0.238 e. The third kappa shape index (κ3) is 3.09. The van der Waals surface area contributed by atoms with E-state index in [1.807, 2.05) is 0 Å². The van der Waals surface area contributed by atoms with Crippen LogP contribution in [0.25, 0.3) is 0 Å². The lowest BCUT2D eigenvalue weighted by Crippen LogP contribution is -2.33. The number of likely N-dealkylation sites (tertiary alicyclic amines) is 1. The average Bonchev–Trinajstić information content (AvgIpc) is 2.94. The number of benzene rings is 1. The largest absolute Gasteiger partial charge is 0.325 e. The monoisotopic (exact) mass is 313 g/mol. The first-order chi connectivity index (χ1) is 9.61. The van der Waals surface area contributed by atoms with Crippen LogP contribution in [0.4, 0.5) is 5.69 Å². The van der Waals surface area contributed by atoms with Gasteiger partial charge in [0, 0.05) is 18.8 Å². The molecule has 108 valence electrons. The first-order valence-corrected chi connectivity index (χ1v) is 7.55. The first kappa shape index (κ1) is 14.1. The molecule has 2 aliphatic rings. The topological polar surface area (TPSA) is 44.4 Å². The van der Waals surface area contributed by atoms with E-state index in [0.717, 1.165) is 26.2 Å². The second-order valence-electron chi connectivity index (χ2n) is 5.55. The Morgan fingerprint density at radius 1 is 1.25 bits per heavy atom. The van der Waals surface area contributed by atoms with Crippen molar-refractivity contribution in [2.45, 2.75) is 0 Å². The Labute approximate surface area is 128 Å². The molecule has 2 heterocycles. The zero-order valence-electron chi connectivity index (χ0n) is 11.0. The number of nitrogens with one attached hydrogen (secondary N) is 2. The Hall–Kier alpha value is -0.810. The van der Waals surface area contributed by atoms with Gasteiger partial charge in [0.05, 0.1) is 16.6 Å². The van der Waals surface area contributed by atoms with Gasteiger partial charge in [0.15, 0.2) is 0 Å². The Morgan fingerprint density at radius 2 is 1.95 bits per heavy atom. The number of fused-ring (bicyclic) bond motifs is 1. The van der Waals surface area contributed by atoms with Gasteiger partial charge in [-0.25, -0.2) is 0 Å². The second-order valence-corrected chi connectivity index (χ2v) is 6.36. The van der Waals surface area contributed by atoms with Gasteiger partial charge < -0.3 is 10.6 Å². The molecule has 1 aromatic rings. The van der Waals surface area contributed by atoms with Crippen LogP contribution in [0.2, 0.25) is 10.0 Å². The lowest BCUT2D eigenvalue weighted by Gasteiger charge is -2.16. The Balaban J connectivity index is 1.53. The molecule has 0 radical (unpaired) electrons. The lowest BCUT2D eigenvalue weighted by molar-refractivity contribution is -0.117. The van der Waals surface area contributed by atoms with E-state index in [0.29, 0.717) is 34.1 Å². The maximum Gasteiger partial charge on any atom is 0.238 e. The number of carbonyl (C=O) groups is 1. The number of nitrogens with zero attached hydrogens (tertiary/aromatic N) is 1. The molecule has 2 atom stereocenters. The summed E-state index contributed by atoms with van der Waals surface area (Å²) in [5.41, 5.74) is 0.686. The highest BCUT2D eigenvalue weighted by molar-refractivity contribution is 6.42. The van der Waals surface area contributed by atoms with Crippen LogP contribution in [-0.4, -0.2) is 43.5 Å². The molecule has 0 bridgehead atoms. The molecule has 0 aromatic heterocycles. The summed E-state index contributed by atoms with van der Waals surface area (Å²) in [7, 11) is 0. The van der Waals surface area contributed by atoms with Crippen LogP contribution in [0.3, 0.4) is 0 Å². The molecule has 4 nitrogen and oxygen atoms in total. The van der Waals surface area contributed by atoms with E-state index in [4.69, 9.17) is 23.2 Å². The van der Waals surface area contributed by atoms with Crippen LogP contribution < -0.4 is 10.6 Å². The van der Waals surface area contributed by atoms with Gasteiger partial charge in [0.2, 0.25) is 5.91 Å². The molecular weight excluding hydrogens is 297 g/mol. The van der Waals surface area contributed by atoms with Crippen LogP contribution >= 0.6 is 23.2 Å². The number of anilines is 1. The molecule has 0 spiro atoms.